The molecule has 76 valence electrons. The summed E-state index contributed by atoms with van der Waals surface area (Å²) in [6.45, 7) is 0. The van der Waals surface area contributed by atoms with Crippen LogP contribution in [-0.4, -0.2) is 0 Å². The van der Waals surface area contributed by atoms with Gasteiger partial charge in [0.2, 0.25) is 0 Å². The molecule has 15 heavy (non-hydrogen) atoms. The molecule has 0 spiro atoms. The van der Waals surface area contributed by atoms with E-state index in [0.29, 0.717) is 0 Å². The van der Waals surface area contributed by atoms with Gasteiger partial charge in [0, 0.05) is 0 Å². The summed E-state index contributed by atoms with van der Waals surface area (Å²) >= 11 is -0.0254. The summed E-state index contributed by atoms with van der Waals surface area (Å²) < 4.78 is 3.36. The second kappa shape index (κ2) is 6.10. The number of hydrogen-bond donors (Lipinski definition) is 0. The molecule has 0 aromatic rings. The van der Waals surface area contributed by atoms with Crippen LogP contribution in [0.15, 0.2) is 56.4 Å². The first-order chi connectivity index (χ1) is 7.45. The Morgan fingerprint density at radius 2 is 1.80 bits per heavy atom. The van der Waals surface area contributed by atoms with E-state index in [9.17, 15) is 0 Å². The Labute approximate surface area is 101 Å². The van der Waals surface area contributed by atoms with Gasteiger partial charge >= 0.3 is 101 Å². The fourth-order valence-electron chi connectivity index (χ4n) is 1.75. The van der Waals surface area contributed by atoms with Crippen LogP contribution in [0.4, 0.5) is 0 Å². The first kappa shape index (κ1) is 10.9. The number of allylic oxidation sites excluding steroid dienone is 10. The fraction of sp³-hybridized carbons (Fsp3) is 0.286. The van der Waals surface area contributed by atoms with E-state index in [0.717, 1.165) is 6.42 Å². The molecule has 0 atom stereocenters. The molecule has 0 unspecified atom stereocenters. The standard InChI is InChI=1S/C7H9.C7H7.Ti/c2*1-2-4-6-7-5-3-1;/h1-3H,4,6-7H2;1-5H,6H2;. The predicted molar refractivity (Wildman–Crippen MR) is 62.1 cm³/mol. The quantitative estimate of drug-likeness (QED) is 0.629. The molecule has 0 aromatic heterocycles. The average molecular weight is 232 g/mol. The van der Waals surface area contributed by atoms with Gasteiger partial charge in [-0.25, -0.2) is 0 Å². The number of hydrogen-bond acceptors (Lipinski definition) is 0. The van der Waals surface area contributed by atoms with E-state index in [2.05, 4.69) is 48.6 Å². The van der Waals surface area contributed by atoms with Crippen molar-refractivity contribution in [3.63, 3.8) is 0 Å². The van der Waals surface area contributed by atoms with Crippen molar-refractivity contribution in [2.24, 2.45) is 0 Å². The van der Waals surface area contributed by atoms with Crippen LogP contribution >= 0.6 is 0 Å². The monoisotopic (exact) mass is 232 g/mol. The molecule has 0 aromatic carbocycles. The molecule has 0 saturated carbocycles. The molecule has 0 N–H and O–H groups in total. The minimum absolute atomic E-state index is 0.0254. The Hall–Kier alpha value is -0.586. The van der Waals surface area contributed by atoms with Gasteiger partial charge in [-0.2, -0.15) is 0 Å². The molecule has 2 aliphatic rings. The van der Waals surface area contributed by atoms with Crippen LogP contribution in [-0.2, 0) is 19.2 Å². The van der Waals surface area contributed by atoms with Crippen LogP contribution in [0.2, 0.25) is 0 Å². The summed E-state index contributed by atoms with van der Waals surface area (Å²) in [5.41, 5.74) is 0. The third kappa shape index (κ3) is 3.81. The van der Waals surface area contributed by atoms with Gasteiger partial charge in [0.05, 0.1) is 0 Å². The summed E-state index contributed by atoms with van der Waals surface area (Å²) in [6, 6.07) is 0. The van der Waals surface area contributed by atoms with Crippen molar-refractivity contribution in [2.75, 3.05) is 0 Å². The van der Waals surface area contributed by atoms with E-state index in [1.165, 1.54) is 19.3 Å². The van der Waals surface area contributed by atoms with E-state index in [1.54, 1.807) is 7.76 Å². The van der Waals surface area contributed by atoms with E-state index >= 15 is 0 Å². The summed E-state index contributed by atoms with van der Waals surface area (Å²) in [5, 5.41) is 0. The molecule has 2 rings (SSSR count). The topological polar surface area (TPSA) is 0 Å². The van der Waals surface area contributed by atoms with Crippen molar-refractivity contribution < 1.29 is 19.2 Å². The average Bonchev–Trinajstić information content (AvgIpc) is 2.63. The second-order valence-corrected chi connectivity index (χ2v) is 6.24. The van der Waals surface area contributed by atoms with Crippen LogP contribution in [0, 0.1) is 0 Å². The van der Waals surface area contributed by atoms with Gasteiger partial charge < -0.3 is 0 Å². The second-order valence-electron chi connectivity index (χ2n) is 3.85. The molecule has 0 bridgehead atoms. The van der Waals surface area contributed by atoms with Crippen molar-refractivity contribution in [2.45, 2.75) is 25.7 Å². The van der Waals surface area contributed by atoms with Crippen molar-refractivity contribution in [1.82, 2.24) is 0 Å². The minimum atomic E-state index is -0.0254. The molecule has 0 nitrogen and oxygen atoms in total. The zero-order valence-electron chi connectivity index (χ0n) is 8.95. The normalized spacial score (nSPS) is 20.3. The van der Waals surface area contributed by atoms with Crippen molar-refractivity contribution in [1.29, 1.82) is 0 Å². The molecule has 0 heterocycles. The molecule has 0 saturated heterocycles. The zero-order valence-corrected chi connectivity index (χ0v) is 10.5. The predicted octanol–water partition coefficient (Wildman–Crippen LogP) is 4.09. The molecule has 1 heteroatoms. The Morgan fingerprint density at radius 1 is 0.867 bits per heavy atom. The van der Waals surface area contributed by atoms with Gasteiger partial charge in [-0.3, -0.25) is 0 Å². The van der Waals surface area contributed by atoms with Crippen LogP contribution in [0.5, 0.6) is 0 Å². The van der Waals surface area contributed by atoms with Crippen molar-refractivity contribution in [3.05, 3.63) is 56.4 Å². The Balaban J connectivity index is 1.98. The third-order valence-electron chi connectivity index (χ3n) is 2.56. The SMILES string of the molecule is C1=CC=[C]([Ti][C]2=CC=CCCC2)CC=C1. The van der Waals surface area contributed by atoms with Crippen molar-refractivity contribution >= 4 is 0 Å². The number of rotatable bonds is 2. The molecule has 0 fully saturated rings. The molecule has 0 amide bonds. The molecular formula is C14H16Ti. The van der Waals surface area contributed by atoms with E-state index in [-0.39, 0.29) is 19.2 Å². The maximum atomic E-state index is 2.35. The van der Waals surface area contributed by atoms with Gasteiger partial charge in [-0.05, 0) is 0 Å². The first-order valence-electron chi connectivity index (χ1n) is 5.60. The van der Waals surface area contributed by atoms with Crippen LogP contribution in [0.3, 0.4) is 0 Å². The van der Waals surface area contributed by atoms with Crippen LogP contribution < -0.4 is 0 Å². The summed E-state index contributed by atoms with van der Waals surface area (Å²) in [5.74, 6) is 0. The Kier molecular flexibility index (Phi) is 4.44. The van der Waals surface area contributed by atoms with Gasteiger partial charge in [0.15, 0.2) is 0 Å². The Bertz CT molecular complexity index is 354. The van der Waals surface area contributed by atoms with Crippen LogP contribution in [0.25, 0.3) is 0 Å². The van der Waals surface area contributed by atoms with Gasteiger partial charge in [0.25, 0.3) is 0 Å². The molecule has 2 aliphatic carbocycles. The first-order valence-corrected chi connectivity index (χ1v) is 7.16. The Morgan fingerprint density at radius 3 is 2.80 bits per heavy atom. The molecule has 0 radical (unpaired) electrons. The third-order valence-corrected chi connectivity index (χ3v) is 4.80. The summed E-state index contributed by atoms with van der Waals surface area (Å²) in [4.78, 5) is 0. The maximum absolute atomic E-state index is 2.35. The van der Waals surface area contributed by atoms with Crippen molar-refractivity contribution in [3.8, 4) is 0 Å². The van der Waals surface area contributed by atoms with Gasteiger partial charge in [0.1, 0.15) is 0 Å². The summed E-state index contributed by atoms with van der Waals surface area (Å²) in [6.07, 6.45) is 23.0. The van der Waals surface area contributed by atoms with E-state index in [4.69, 9.17) is 0 Å². The molecule has 0 aliphatic heterocycles. The zero-order chi connectivity index (χ0) is 10.3. The molecular weight excluding hydrogens is 216 g/mol. The fourth-order valence-corrected chi connectivity index (χ4v) is 3.77. The van der Waals surface area contributed by atoms with E-state index in [1.807, 2.05) is 0 Å². The summed E-state index contributed by atoms with van der Waals surface area (Å²) in [7, 11) is 0. The van der Waals surface area contributed by atoms with Gasteiger partial charge in [-0.1, -0.05) is 0 Å². The van der Waals surface area contributed by atoms with E-state index < -0.39 is 0 Å². The van der Waals surface area contributed by atoms with Gasteiger partial charge in [-0.15, -0.1) is 0 Å². The van der Waals surface area contributed by atoms with Crippen LogP contribution in [0.1, 0.15) is 25.7 Å².